The van der Waals surface area contributed by atoms with E-state index in [1.807, 2.05) is 20.8 Å². The van der Waals surface area contributed by atoms with Crippen LogP contribution in [-0.2, 0) is 0 Å². The van der Waals surface area contributed by atoms with Crippen LogP contribution in [0.3, 0.4) is 0 Å². The average molecular weight is 202 g/mol. The van der Waals surface area contributed by atoms with Gasteiger partial charge in [-0.3, -0.25) is 0 Å². The van der Waals surface area contributed by atoms with E-state index in [9.17, 15) is 0 Å². The molecule has 0 atom stereocenters. The summed E-state index contributed by atoms with van der Waals surface area (Å²) in [7, 11) is 0. The summed E-state index contributed by atoms with van der Waals surface area (Å²) < 4.78 is 0. The minimum atomic E-state index is 1.12. The maximum Gasteiger partial charge on any atom is -0.0225 e. The van der Waals surface area contributed by atoms with Crippen molar-refractivity contribution in [1.82, 2.24) is 0 Å². The van der Waals surface area contributed by atoms with Crippen LogP contribution in [0.1, 0.15) is 45.7 Å². The molecule has 82 valence electrons. The molecule has 1 aromatic carbocycles. The summed E-state index contributed by atoms with van der Waals surface area (Å²) in [5.41, 5.74) is 4.93. The van der Waals surface area contributed by atoms with Gasteiger partial charge in [0, 0.05) is 0 Å². The molecule has 0 spiro atoms. The first kappa shape index (κ1) is 13.7. The third-order valence-corrected chi connectivity index (χ3v) is 2.24. The Morgan fingerprint density at radius 1 is 1.13 bits per heavy atom. The van der Waals surface area contributed by atoms with E-state index in [4.69, 9.17) is 0 Å². The van der Waals surface area contributed by atoms with E-state index in [2.05, 4.69) is 50.8 Å². The van der Waals surface area contributed by atoms with Crippen molar-refractivity contribution in [3.8, 4) is 0 Å². The molecule has 0 aromatic heterocycles. The van der Waals surface area contributed by atoms with E-state index >= 15 is 0 Å². The van der Waals surface area contributed by atoms with Gasteiger partial charge in [-0.05, 0) is 43.5 Å². The highest BCUT2D eigenvalue weighted by Gasteiger charge is 1.96. The van der Waals surface area contributed by atoms with Crippen molar-refractivity contribution in [3.05, 3.63) is 48.0 Å². The minimum absolute atomic E-state index is 1.12. The van der Waals surface area contributed by atoms with Crippen LogP contribution in [0.25, 0.3) is 11.1 Å². The summed E-state index contributed by atoms with van der Waals surface area (Å²) in [6.07, 6.45) is 2.12. The Labute approximate surface area is 94.3 Å². The fraction of sp³-hybridized carbons (Fsp3) is 0.333. The number of allylic oxidation sites excluding steroid dienone is 3. The number of hydrogen-bond acceptors (Lipinski definition) is 0. The molecule has 1 rings (SSSR count). The van der Waals surface area contributed by atoms with Crippen molar-refractivity contribution in [2.75, 3.05) is 0 Å². The largest absolute Gasteiger partial charge is 0.0955 e. The number of benzene rings is 1. The second-order valence-corrected chi connectivity index (χ2v) is 3.33. The van der Waals surface area contributed by atoms with Gasteiger partial charge in [0.15, 0.2) is 0 Å². The Kier molecular flexibility index (Phi) is 6.44. The molecule has 1 aromatic rings. The van der Waals surface area contributed by atoms with Crippen molar-refractivity contribution in [3.63, 3.8) is 0 Å². The molecule has 0 heteroatoms. The van der Waals surface area contributed by atoms with Gasteiger partial charge in [0.2, 0.25) is 0 Å². The second kappa shape index (κ2) is 7.05. The van der Waals surface area contributed by atoms with Crippen molar-refractivity contribution in [2.45, 2.75) is 34.6 Å². The topological polar surface area (TPSA) is 0 Å². The summed E-state index contributed by atoms with van der Waals surface area (Å²) in [5.74, 6) is 0. The lowest BCUT2D eigenvalue weighted by Gasteiger charge is -2.04. The molecular formula is C15H22. The predicted molar refractivity (Wildman–Crippen MR) is 71.8 cm³/mol. The van der Waals surface area contributed by atoms with E-state index in [1.54, 1.807) is 0 Å². The van der Waals surface area contributed by atoms with E-state index in [0.717, 1.165) is 5.57 Å². The van der Waals surface area contributed by atoms with E-state index in [0.29, 0.717) is 0 Å². The number of hydrogen-bond donors (Lipinski definition) is 0. The van der Waals surface area contributed by atoms with Crippen molar-refractivity contribution in [2.24, 2.45) is 0 Å². The van der Waals surface area contributed by atoms with Gasteiger partial charge in [0.1, 0.15) is 0 Å². The quantitative estimate of drug-likeness (QED) is 0.620. The molecule has 15 heavy (non-hydrogen) atoms. The zero-order valence-electron chi connectivity index (χ0n) is 10.6. The van der Waals surface area contributed by atoms with Gasteiger partial charge in [0.05, 0.1) is 0 Å². The highest BCUT2D eigenvalue weighted by Crippen LogP contribution is 2.18. The zero-order valence-corrected chi connectivity index (χ0v) is 10.6. The highest BCUT2D eigenvalue weighted by molar-refractivity contribution is 5.69. The van der Waals surface area contributed by atoms with Gasteiger partial charge in [-0.1, -0.05) is 50.3 Å². The Bertz CT molecular complexity index is 343. The van der Waals surface area contributed by atoms with Crippen LogP contribution in [0.4, 0.5) is 0 Å². The van der Waals surface area contributed by atoms with Gasteiger partial charge in [0.25, 0.3) is 0 Å². The fourth-order valence-corrected chi connectivity index (χ4v) is 1.20. The lowest BCUT2D eigenvalue weighted by atomic mass is 10.0. The summed E-state index contributed by atoms with van der Waals surface area (Å²) >= 11 is 0. The summed E-state index contributed by atoms with van der Waals surface area (Å²) in [5, 5.41) is 0. The molecule has 0 radical (unpaired) electrons. The summed E-state index contributed by atoms with van der Waals surface area (Å²) in [6, 6.07) is 8.47. The van der Waals surface area contributed by atoms with Crippen LogP contribution in [0, 0.1) is 0 Å². The van der Waals surface area contributed by atoms with Gasteiger partial charge >= 0.3 is 0 Å². The van der Waals surface area contributed by atoms with Crippen LogP contribution in [0.2, 0.25) is 0 Å². The molecule has 0 aliphatic heterocycles. The van der Waals surface area contributed by atoms with Crippen LogP contribution >= 0.6 is 0 Å². The summed E-state index contributed by atoms with van der Waals surface area (Å²) in [4.78, 5) is 0. The average Bonchev–Trinajstić information content (AvgIpc) is 2.30. The first-order valence-corrected chi connectivity index (χ1v) is 5.54. The third kappa shape index (κ3) is 4.16. The molecule has 0 bridgehead atoms. The van der Waals surface area contributed by atoms with Crippen molar-refractivity contribution < 1.29 is 0 Å². The molecule has 0 aliphatic carbocycles. The van der Waals surface area contributed by atoms with Gasteiger partial charge in [-0.25, -0.2) is 0 Å². The van der Waals surface area contributed by atoms with Crippen molar-refractivity contribution >= 4 is 11.1 Å². The first-order chi connectivity index (χ1) is 7.15. The van der Waals surface area contributed by atoms with E-state index in [1.165, 1.54) is 16.7 Å². The maximum atomic E-state index is 3.93. The summed E-state index contributed by atoms with van der Waals surface area (Å²) in [6.45, 7) is 14.1. The standard InChI is InChI=1S/C13H16.C2H6/c1-5-11(4)13-8-6-7-12(9-13)10(2)3;1-2/h5-9H,2H2,1,3-4H3;1-2H3/b11-5+;. The van der Waals surface area contributed by atoms with Gasteiger partial charge in [-0.2, -0.15) is 0 Å². The maximum absolute atomic E-state index is 3.93. The fourth-order valence-electron chi connectivity index (χ4n) is 1.20. The Morgan fingerprint density at radius 2 is 1.67 bits per heavy atom. The molecule has 0 N–H and O–H groups in total. The van der Waals surface area contributed by atoms with Crippen LogP contribution in [0.15, 0.2) is 36.9 Å². The normalized spacial score (nSPS) is 10.3. The Hall–Kier alpha value is -1.30. The van der Waals surface area contributed by atoms with E-state index < -0.39 is 0 Å². The van der Waals surface area contributed by atoms with Crippen LogP contribution < -0.4 is 0 Å². The Morgan fingerprint density at radius 3 is 2.13 bits per heavy atom. The first-order valence-electron chi connectivity index (χ1n) is 5.54. The zero-order chi connectivity index (χ0) is 11.8. The molecule has 0 unspecified atom stereocenters. The van der Waals surface area contributed by atoms with Crippen LogP contribution in [0.5, 0.6) is 0 Å². The van der Waals surface area contributed by atoms with Crippen molar-refractivity contribution in [1.29, 1.82) is 0 Å². The van der Waals surface area contributed by atoms with Crippen LogP contribution in [-0.4, -0.2) is 0 Å². The van der Waals surface area contributed by atoms with E-state index in [-0.39, 0.29) is 0 Å². The molecule has 0 saturated heterocycles. The molecule has 0 saturated carbocycles. The van der Waals surface area contributed by atoms with Gasteiger partial charge in [-0.15, -0.1) is 0 Å². The second-order valence-electron chi connectivity index (χ2n) is 3.33. The Balaban J connectivity index is 0.000000921. The SMILES string of the molecule is C=C(C)c1cccc(/C(C)=C/C)c1.CC. The molecule has 0 amide bonds. The monoisotopic (exact) mass is 202 g/mol. The highest BCUT2D eigenvalue weighted by atomic mass is 14.0. The molecule has 0 heterocycles. The lowest BCUT2D eigenvalue weighted by Crippen LogP contribution is -1.82. The third-order valence-electron chi connectivity index (χ3n) is 2.24. The lowest BCUT2D eigenvalue weighted by molar-refractivity contribution is 1.50. The molecule has 0 nitrogen and oxygen atoms in total. The smallest absolute Gasteiger partial charge is 0.0225 e. The minimum Gasteiger partial charge on any atom is -0.0955 e. The predicted octanol–water partition coefficient (Wildman–Crippen LogP) is 5.17. The molecule has 0 fully saturated rings. The molecule has 0 aliphatic rings. The van der Waals surface area contributed by atoms with Gasteiger partial charge < -0.3 is 0 Å². The molecular weight excluding hydrogens is 180 g/mol. The number of rotatable bonds is 2.